The van der Waals surface area contributed by atoms with E-state index >= 15 is 0 Å². The lowest BCUT2D eigenvalue weighted by Gasteiger charge is -2.33. The summed E-state index contributed by atoms with van der Waals surface area (Å²) in [4.78, 5) is 6.92. The van der Waals surface area contributed by atoms with Gasteiger partial charge in [0, 0.05) is 19.1 Å². The van der Waals surface area contributed by atoms with Crippen molar-refractivity contribution < 1.29 is 14.4 Å². The average molecular weight is 280 g/mol. The van der Waals surface area contributed by atoms with Gasteiger partial charge in [-0.05, 0) is 25.8 Å². The van der Waals surface area contributed by atoms with Gasteiger partial charge in [0.1, 0.15) is 6.10 Å². The van der Waals surface area contributed by atoms with Crippen molar-refractivity contribution in [2.75, 3.05) is 26.2 Å². The summed E-state index contributed by atoms with van der Waals surface area (Å²) in [6.07, 6.45) is 2.69. The van der Waals surface area contributed by atoms with Crippen molar-refractivity contribution in [1.29, 1.82) is 0 Å². The lowest BCUT2D eigenvalue weighted by molar-refractivity contribution is -0.0548. The Morgan fingerprint density at radius 3 is 3.20 bits per heavy atom. The van der Waals surface area contributed by atoms with Gasteiger partial charge < -0.3 is 19.7 Å². The zero-order chi connectivity index (χ0) is 13.5. The lowest BCUT2D eigenvalue weighted by atomic mass is 10.2. The molecule has 0 amide bonds. The van der Waals surface area contributed by atoms with Gasteiger partial charge in [-0.3, -0.25) is 4.90 Å². The van der Waals surface area contributed by atoms with Gasteiger partial charge in [-0.25, -0.2) is 0 Å². The summed E-state index contributed by atoms with van der Waals surface area (Å²) >= 11 is 0. The minimum absolute atomic E-state index is 0.0330. The number of β-amino-alcohol motifs (C(OH)–C–C–N with tert-alkyl or cyclic N) is 1. The van der Waals surface area contributed by atoms with Crippen LogP contribution in [0.2, 0.25) is 0 Å². The fraction of sp³-hybridized carbons (Fsp3) is 0.846. The minimum Gasteiger partial charge on any atom is -0.392 e. The van der Waals surface area contributed by atoms with Gasteiger partial charge in [0.05, 0.1) is 18.8 Å². The lowest BCUT2D eigenvalue weighted by Crippen LogP contribution is -2.42. The van der Waals surface area contributed by atoms with Crippen LogP contribution < -0.4 is 5.32 Å². The molecule has 4 rings (SSSR count). The van der Waals surface area contributed by atoms with Gasteiger partial charge in [0.2, 0.25) is 11.7 Å². The van der Waals surface area contributed by atoms with Crippen molar-refractivity contribution in [3.05, 3.63) is 11.7 Å². The van der Waals surface area contributed by atoms with Crippen LogP contribution in [-0.4, -0.2) is 58.5 Å². The molecule has 2 unspecified atom stereocenters. The highest BCUT2D eigenvalue weighted by molar-refractivity contribution is 5.01. The average Bonchev–Trinajstić information content (AvgIpc) is 3.17. The standard InChI is InChI=1S/C13H20N4O3/c18-9-4-10(14-5-9)13-15-12(16-20-13)11-6-17-3-1-2-8(17)7-19-11/h8-11,14,18H,1-7H2/t8?,9-,10-,11?/m1/s1. The highest BCUT2D eigenvalue weighted by atomic mass is 16.5. The Labute approximate surface area is 117 Å². The van der Waals surface area contributed by atoms with Gasteiger partial charge in [-0.2, -0.15) is 4.98 Å². The molecule has 7 heteroatoms. The van der Waals surface area contributed by atoms with E-state index in [0.29, 0.717) is 30.7 Å². The Morgan fingerprint density at radius 1 is 1.40 bits per heavy atom. The molecule has 0 saturated carbocycles. The van der Waals surface area contributed by atoms with E-state index in [-0.39, 0.29) is 18.2 Å². The normalized spacial score (nSPS) is 38.2. The SMILES string of the molecule is O[C@H]1CN[C@@H](c2nc(C3CN4CCCC4CO3)no2)C1. The second-order valence-corrected chi connectivity index (χ2v) is 5.95. The molecule has 0 aliphatic carbocycles. The van der Waals surface area contributed by atoms with Gasteiger partial charge in [0.15, 0.2) is 0 Å². The summed E-state index contributed by atoms with van der Waals surface area (Å²) in [7, 11) is 0. The predicted octanol–water partition coefficient (Wildman–Crippen LogP) is 0.000600. The molecule has 3 saturated heterocycles. The Hall–Kier alpha value is -1.02. The third-order valence-electron chi connectivity index (χ3n) is 4.54. The summed E-state index contributed by atoms with van der Waals surface area (Å²) in [5, 5.41) is 16.8. The summed E-state index contributed by atoms with van der Waals surface area (Å²) in [5.41, 5.74) is 0. The zero-order valence-electron chi connectivity index (χ0n) is 11.4. The van der Waals surface area contributed by atoms with Gasteiger partial charge >= 0.3 is 0 Å². The first-order chi connectivity index (χ1) is 9.79. The van der Waals surface area contributed by atoms with E-state index < -0.39 is 0 Å². The largest absolute Gasteiger partial charge is 0.392 e. The second-order valence-electron chi connectivity index (χ2n) is 5.95. The third kappa shape index (κ3) is 2.24. The number of aromatic nitrogens is 2. The first-order valence-electron chi connectivity index (χ1n) is 7.40. The number of ether oxygens (including phenoxy) is 1. The molecule has 110 valence electrons. The van der Waals surface area contributed by atoms with Crippen molar-refractivity contribution in [1.82, 2.24) is 20.4 Å². The van der Waals surface area contributed by atoms with Crippen molar-refractivity contribution in [3.8, 4) is 0 Å². The first kappa shape index (κ1) is 12.7. The van der Waals surface area contributed by atoms with Gasteiger partial charge in [-0.1, -0.05) is 5.16 Å². The number of morpholine rings is 1. The van der Waals surface area contributed by atoms with Crippen LogP contribution in [0.15, 0.2) is 4.52 Å². The maximum absolute atomic E-state index is 9.54. The highest BCUT2D eigenvalue weighted by Gasteiger charge is 2.36. The Balaban J connectivity index is 1.45. The predicted molar refractivity (Wildman–Crippen MR) is 69.0 cm³/mol. The Kier molecular flexibility index (Phi) is 3.22. The summed E-state index contributed by atoms with van der Waals surface area (Å²) in [6, 6.07) is 0.540. The molecule has 20 heavy (non-hydrogen) atoms. The molecule has 0 bridgehead atoms. The maximum Gasteiger partial charge on any atom is 0.243 e. The number of aliphatic hydroxyl groups is 1. The van der Waals surface area contributed by atoms with E-state index in [1.807, 2.05) is 0 Å². The number of hydrogen-bond acceptors (Lipinski definition) is 7. The zero-order valence-corrected chi connectivity index (χ0v) is 11.4. The molecule has 0 aromatic carbocycles. The number of nitrogens with one attached hydrogen (secondary N) is 1. The summed E-state index contributed by atoms with van der Waals surface area (Å²) in [5.74, 6) is 1.19. The van der Waals surface area contributed by atoms with Crippen LogP contribution in [0.1, 0.15) is 43.1 Å². The van der Waals surface area contributed by atoms with E-state index in [2.05, 4.69) is 20.4 Å². The number of rotatable bonds is 2. The van der Waals surface area contributed by atoms with E-state index in [4.69, 9.17) is 9.26 Å². The van der Waals surface area contributed by atoms with Crippen molar-refractivity contribution in [2.24, 2.45) is 0 Å². The van der Waals surface area contributed by atoms with Crippen molar-refractivity contribution in [3.63, 3.8) is 0 Å². The number of hydrogen-bond donors (Lipinski definition) is 2. The van der Waals surface area contributed by atoms with E-state index in [0.717, 1.165) is 19.7 Å². The van der Waals surface area contributed by atoms with E-state index in [1.54, 1.807) is 0 Å². The van der Waals surface area contributed by atoms with Crippen LogP contribution in [-0.2, 0) is 4.74 Å². The molecule has 0 radical (unpaired) electrons. The Bertz CT molecular complexity index is 480. The van der Waals surface area contributed by atoms with Crippen LogP contribution in [0.5, 0.6) is 0 Å². The molecule has 1 aromatic rings. The molecule has 3 aliphatic rings. The van der Waals surface area contributed by atoms with Crippen LogP contribution >= 0.6 is 0 Å². The molecule has 3 fully saturated rings. The quantitative estimate of drug-likeness (QED) is 0.789. The van der Waals surface area contributed by atoms with Gasteiger partial charge in [-0.15, -0.1) is 0 Å². The molecule has 7 nitrogen and oxygen atoms in total. The number of aliphatic hydroxyl groups excluding tert-OH is 1. The third-order valence-corrected chi connectivity index (χ3v) is 4.54. The Morgan fingerprint density at radius 2 is 2.35 bits per heavy atom. The molecule has 0 spiro atoms. The molecular weight excluding hydrogens is 260 g/mol. The monoisotopic (exact) mass is 280 g/mol. The molecular formula is C13H20N4O3. The topological polar surface area (TPSA) is 83.7 Å². The second kappa shape index (κ2) is 5.07. The van der Waals surface area contributed by atoms with E-state index in [9.17, 15) is 5.11 Å². The van der Waals surface area contributed by atoms with Crippen LogP contribution in [0.25, 0.3) is 0 Å². The first-order valence-corrected chi connectivity index (χ1v) is 7.40. The molecule has 4 atom stereocenters. The number of nitrogens with zero attached hydrogens (tertiary/aromatic N) is 3. The maximum atomic E-state index is 9.54. The fourth-order valence-electron chi connectivity index (χ4n) is 3.40. The van der Waals surface area contributed by atoms with Crippen molar-refractivity contribution >= 4 is 0 Å². The molecule has 1 aromatic heterocycles. The minimum atomic E-state index is -0.327. The fourth-order valence-corrected chi connectivity index (χ4v) is 3.40. The van der Waals surface area contributed by atoms with Crippen LogP contribution in [0.3, 0.4) is 0 Å². The molecule has 2 N–H and O–H groups in total. The summed E-state index contributed by atoms with van der Waals surface area (Å²) < 4.78 is 11.2. The summed E-state index contributed by atoms with van der Waals surface area (Å²) in [6.45, 7) is 3.34. The smallest absolute Gasteiger partial charge is 0.243 e. The molecule has 3 aliphatic heterocycles. The van der Waals surface area contributed by atoms with Gasteiger partial charge in [0.25, 0.3) is 0 Å². The highest BCUT2D eigenvalue weighted by Crippen LogP contribution is 2.30. The molecule has 4 heterocycles. The van der Waals surface area contributed by atoms with Crippen molar-refractivity contribution in [2.45, 2.75) is 43.6 Å². The van der Waals surface area contributed by atoms with Crippen LogP contribution in [0, 0.1) is 0 Å². The van der Waals surface area contributed by atoms with E-state index in [1.165, 1.54) is 12.8 Å². The number of fused-ring (bicyclic) bond motifs is 1. The van der Waals surface area contributed by atoms with Crippen LogP contribution in [0.4, 0.5) is 0 Å².